The summed E-state index contributed by atoms with van der Waals surface area (Å²) in [5.74, 6) is 0. The van der Waals surface area contributed by atoms with Gasteiger partial charge in [0.1, 0.15) is 0 Å². The minimum absolute atomic E-state index is 0.263. The smallest absolute Gasteiger partial charge is 0.389 e. The Bertz CT molecular complexity index is 137. The van der Waals surface area contributed by atoms with E-state index < -0.39 is 11.2 Å². The van der Waals surface area contributed by atoms with Crippen LogP contribution in [0.25, 0.3) is 0 Å². The average Bonchev–Trinajstić information content (AvgIpc) is 1.97. The van der Waals surface area contributed by atoms with Crippen LogP contribution in [-0.2, 0) is 9.53 Å². The third-order valence-corrected chi connectivity index (χ3v) is 1.22. The second-order valence-corrected chi connectivity index (χ2v) is 2.08. The summed E-state index contributed by atoms with van der Waals surface area (Å²) in [6, 6.07) is 0. The molecule has 11 heavy (non-hydrogen) atoms. The highest BCUT2D eigenvalue weighted by Crippen LogP contribution is 2.03. The van der Waals surface area contributed by atoms with Crippen LogP contribution in [-0.4, -0.2) is 17.6 Å². The van der Waals surface area contributed by atoms with Crippen LogP contribution >= 0.6 is 0 Å². The molecule has 0 aliphatic heterocycles. The van der Waals surface area contributed by atoms with E-state index in [9.17, 15) is 14.9 Å². The van der Waals surface area contributed by atoms with Gasteiger partial charge < -0.3 is 4.74 Å². The van der Waals surface area contributed by atoms with E-state index in [4.69, 9.17) is 0 Å². The van der Waals surface area contributed by atoms with Crippen LogP contribution in [0.4, 0.5) is 0 Å². The Hall–Kier alpha value is -1.13. The molecule has 0 bridgehead atoms. The second-order valence-electron chi connectivity index (χ2n) is 2.08. The maximum atomic E-state index is 10.1. The largest absolute Gasteiger partial charge is 0.422 e. The van der Waals surface area contributed by atoms with E-state index in [1.807, 2.05) is 6.92 Å². The number of unbranched alkanes of at least 4 members (excludes halogenated alkanes) is 1. The van der Waals surface area contributed by atoms with Gasteiger partial charge in [0.05, 0.1) is 11.3 Å². The van der Waals surface area contributed by atoms with Crippen molar-refractivity contribution < 1.29 is 14.5 Å². The first-order chi connectivity index (χ1) is 5.22. The minimum atomic E-state index is -1.22. The molecule has 0 aliphatic carbocycles. The maximum Gasteiger partial charge on any atom is 0.422 e. The molecule has 1 unspecified atom stereocenters. The molecule has 0 rings (SSSR count). The lowest BCUT2D eigenvalue weighted by molar-refractivity contribution is -0.566. The van der Waals surface area contributed by atoms with E-state index in [1.54, 1.807) is 0 Å². The van der Waals surface area contributed by atoms with Crippen LogP contribution in [0.2, 0.25) is 0 Å². The highest BCUT2D eigenvalue weighted by atomic mass is 16.7. The molecule has 0 fully saturated rings. The van der Waals surface area contributed by atoms with Crippen LogP contribution in [0.3, 0.4) is 0 Å². The fraction of sp³-hybridized carbons (Fsp3) is 0.833. The first-order valence-corrected chi connectivity index (χ1v) is 3.38. The van der Waals surface area contributed by atoms with Gasteiger partial charge in [-0.05, 0) is 6.42 Å². The fourth-order valence-electron chi connectivity index (χ4n) is 0.642. The Morgan fingerprint density at radius 2 is 2.36 bits per heavy atom. The van der Waals surface area contributed by atoms with E-state index in [0.717, 1.165) is 12.9 Å². The van der Waals surface area contributed by atoms with Gasteiger partial charge in [0.25, 0.3) is 0 Å². The molecule has 0 saturated heterocycles. The number of hydrogen-bond acceptors (Lipinski definition) is 4. The maximum absolute atomic E-state index is 10.1. The van der Waals surface area contributed by atoms with Crippen molar-refractivity contribution in [2.75, 3.05) is 0 Å². The summed E-state index contributed by atoms with van der Waals surface area (Å²) in [6.07, 6.45) is 0.561. The van der Waals surface area contributed by atoms with E-state index in [2.05, 4.69) is 4.74 Å². The number of rotatable bonds is 6. The van der Waals surface area contributed by atoms with Crippen molar-refractivity contribution in [3.8, 4) is 0 Å². The van der Waals surface area contributed by atoms with Gasteiger partial charge in [-0.15, -0.1) is 0 Å². The average molecular weight is 160 g/mol. The Morgan fingerprint density at radius 1 is 1.73 bits per heavy atom. The summed E-state index contributed by atoms with van der Waals surface area (Å²) >= 11 is 0. The first kappa shape index (κ1) is 9.87. The highest BCUT2D eigenvalue weighted by Gasteiger charge is 2.19. The van der Waals surface area contributed by atoms with Gasteiger partial charge in [0, 0.05) is 0 Å². The van der Waals surface area contributed by atoms with Crippen LogP contribution in [0.1, 0.15) is 26.2 Å². The van der Waals surface area contributed by atoms with Gasteiger partial charge in [0.15, 0.2) is 0 Å². The van der Waals surface area contributed by atoms with Gasteiger partial charge in [0.2, 0.25) is 0 Å². The fourth-order valence-corrected chi connectivity index (χ4v) is 0.642. The molecule has 5 nitrogen and oxygen atoms in total. The summed E-state index contributed by atoms with van der Waals surface area (Å²) in [5.41, 5.74) is 0. The predicted molar refractivity (Wildman–Crippen MR) is 37.1 cm³/mol. The SMILES string of the molecule is CCCCC(O[C]=O)[N+](=O)[O-]. The molecule has 0 saturated carbocycles. The van der Waals surface area contributed by atoms with E-state index in [0.29, 0.717) is 6.42 Å². The second kappa shape index (κ2) is 5.64. The van der Waals surface area contributed by atoms with Gasteiger partial charge >= 0.3 is 12.7 Å². The van der Waals surface area contributed by atoms with Crippen molar-refractivity contribution in [2.45, 2.75) is 32.4 Å². The number of carbonyl (C=O) groups excluding carboxylic acids is 1. The van der Waals surface area contributed by atoms with Crippen molar-refractivity contribution in [1.82, 2.24) is 0 Å². The Labute approximate surface area is 64.5 Å². The molecule has 5 heteroatoms. The van der Waals surface area contributed by atoms with Crippen molar-refractivity contribution in [3.63, 3.8) is 0 Å². The van der Waals surface area contributed by atoms with Gasteiger partial charge in [-0.1, -0.05) is 13.3 Å². The summed E-state index contributed by atoms with van der Waals surface area (Å²) in [7, 11) is 0. The zero-order chi connectivity index (χ0) is 8.69. The van der Waals surface area contributed by atoms with Gasteiger partial charge in [-0.25, -0.2) is 4.79 Å². The topological polar surface area (TPSA) is 69.4 Å². The number of nitrogens with zero attached hydrogens (tertiary/aromatic N) is 1. The minimum Gasteiger partial charge on any atom is -0.389 e. The Morgan fingerprint density at radius 3 is 2.73 bits per heavy atom. The normalized spacial score (nSPS) is 12.1. The summed E-state index contributed by atoms with van der Waals surface area (Å²) in [4.78, 5) is 19.1. The monoisotopic (exact) mass is 160 g/mol. The molecule has 0 heterocycles. The molecule has 0 amide bonds. The lowest BCUT2D eigenvalue weighted by Gasteiger charge is -2.03. The molecule has 0 aromatic carbocycles. The third-order valence-electron chi connectivity index (χ3n) is 1.22. The van der Waals surface area contributed by atoms with Crippen molar-refractivity contribution in [2.24, 2.45) is 0 Å². The predicted octanol–water partition coefficient (Wildman–Crippen LogP) is 0.863. The highest BCUT2D eigenvalue weighted by molar-refractivity contribution is 5.38. The Balaban J connectivity index is 3.69. The quantitative estimate of drug-likeness (QED) is 0.328. The van der Waals surface area contributed by atoms with Crippen LogP contribution in [0.15, 0.2) is 0 Å². The van der Waals surface area contributed by atoms with Crippen LogP contribution < -0.4 is 0 Å². The zero-order valence-corrected chi connectivity index (χ0v) is 6.28. The standard InChI is InChI=1S/C6H10NO4/c1-2-3-4-6(7(9)10)11-5-8/h6H,2-4H2,1H3. The molecule has 1 atom stereocenters. The number of hydrogen-bond donors (Lipinski definition) is 0. The lowest BCUT2D eigenvalue weighted by Crippen LogP contribution is -2.22. The van der Waals surface area contributed by atoms with E-state index in [-0.39, 0.29) is 6.42 Å². The molecule has 0 aliphatic rings. The molecule has 0 spiro atoms. The van der Waals surface area contributed by atoms with Crippen molar-refractivity contribution in [3.05, 3.63) is 10.1 Å². The molecule has 0 aromatic rings. The number of ether oxygens (including phenoxy) is 1. The van der Waals surface area contributed by atoms with Crippen molar-refractivity contribution >= 4 is 6.47 Å². The molecule has 63 valence electrons. The van der Waals surface area contributed by atoms with Crippen LogP contribution in [0.5, 0.6) is 0 Å². The molecule has 0 aromatic heterocycles. The van der Waals surface area contributed by atoms with Crippen molar-refractivity contribution in [1.29, 1.82) is 0 Å². The zero-order valence-electron chi connectivity index (χ0n) is 6.28. The molecule has 0 N–H and O–H groups in total. The number of nitro groups is 1. The van der Waals surface area contributed by atoms with E-state index in [1.165, 1.54) is 0 Å². The lowest BCUT2D eigenvalue weighted by atomic mass is 10.2. The molecular formula is C6H10NO4. The van der Waals surface area contributed by atoms with Gasteiger partial charge in [-0.2, -0.15) is 0 Å². The van der Waals surface area contributed by atoms with E-state index >= 15 is 0 Å². The summed E-state index contributed by atoms with van der Waals surface area (Å²) < 4.78 is 4.10. The summed E-state index contributed by atoms with van der Waals surface area (Å²) in [6.45, 7) is 2.97. The van der Waals surface area contributed by atoms with Crippen LogP contribution in [0, 0.1) is 10.1 Å². The Kier molecular flexibility index (Phi) is 5.06. The molecule has 1 radical (unpaired) electrons. The van der Waals surface area contributed by atoms with Gasteiger partial charge in [-0.3, -0.25) is 10.1 Å². The molecular weight excluding hydrogens is 150 g/mol. The third kappa shape index (κ3) is 4.30. The summed E-state index contributed by atoms with van der Waals surface area (Å²) in [5, 5.41) is 10.1. The first-order valence-electron chi connectivity index (χ1n) is 3.38.